The van der Waals surface area contributed by atoms with Crippen molar-refractivity contribution in [1.29, 1.82) is 0 Å². The second-order valence-corrected chi connectivity index (χ2v) is 5.98. The van der Waals surface area contributed by atoms with Gasteiger partial charge in [-0.15, -0.1) is 0 Å². The summed E-state index contributed by atoms with van der Waals surface area (Å²) in [5.74, 6) is 0.0881. The predicted octanol–water partition coefficient (Wildman–Crippen LogP) is 2.95. The van der Waals surface area contributed by atoms with E-state index in [4.69, 9.17) is 0 Å². The standard InChI is InChI=1S/C18H24N2O/c21-18(20-12-9-14-5-2-1-3-6-14)17-8-4-7-15-13-19-11-10-16(15)17/h4-5,7-8,19H,1-3,6,9-13H2,(H,20,21). The molecular weight excluding hydrogens is 260 g/mol. The van der Waals surface area contributed by atoms with Crippen molar-refractivity contribution in [3.63, 3.8) is 0 Å². The summed E-state index contributed by atoms with van der Waals surface area (Å²) in [5.41, 5.74) is 4.88. The Morgan fingerprint density at radius 2 is 2.19 bits per heavy atom. The van der Waals surface area contributed by atoms with Gasteiger partial charge in [0.1, 0.15) is 0 Å². The molecule has 0 saturated heterocycles. The van der Waals surface area contributed by atoms with Gasteiger partial charge in [0.2, 0.25) is 0 Å². The van der Waals surface area contributed by atoms with Gasteiger partial charge < -0.3 is 10.6 Å². The topological polar surface area (TPSA) is 41.1 Å². The molecule has 21 heavy (non-hydrogen) atoms. The zero-order valence-electron chi connectivity index (χ0n) is 12.6. The van der Waals surface area contributed by atoms with E-state index in [1.54, 1.807) is 0 Å². The van der Waals surface area contributed by atoms with Crippen LogP contribution in [0.25, 0.3) is 0 Å². The van der Waals surface area contributed by atoms with E-state index in [1.807, 2.05) is 12.1 Å². The van der Waals surface area contributed by atoms with Crippen LogP contribution in [0, 0.1) is 0 Å². The first-order valence-electron chi connectivity index (χ1n) is 8.12. The van der Waals surface area contributed by atoms with Crippen molar-refractivity contribution in [2.24, 2.45) is 0 Å². The molecule has 2 N–H and O–H groups in total. The normalized spacial score (nSPS) is 17.8. The Kier molecular flexibility index (Phi) is 4.71. The quantitative estimate of drug-likeness (QED) is 0.835. The summed E-state index contributed by atoms with van der Waals surface area (Å²) >= 11 is 0. The van der Waals surface area contributed by atoms with E-state index in [-0.39, 0.29) is 5.91 Å². The van der Waals surface area contributed by atoms with E-state index in [0.29, 0.717) is 0 Å². The van der Waals surface area contributed by atoms with Crippen molar-refractivity contribution in [2.45, 2.75) is 45.1 Å². The van der Waals surface area contributed by atoms with Gasteiger partial charge in [-0.3, -0.25) is 4.79 Å². The van der Waals surface area contributed by atoms with Gasteiger partial charge in [0.15, 0.2) is 0 Å². The third kappa shape index (κ3) is 3.53. The summed E-state index contributed by atoms with van der Waals surface area (Å²) in [6.07, 6.45) is 9.35. The average Bonchev–Trinajstić information content (AvgIpc) is 2.55. The molecule has 0 spiro atoms. The van der Waals surface area contributed by atoms with Crippen molar-refractivity contribution in [3.8, 4) is 0 Å². The highest BCUT2D eigenvalue weighted by atomic mass is 16.1. The minimum absolute atomic E-state index is 0.0881. The Morgan fingerprint density at radius 3 is 3.05 bits per heavy atom. The third-order valence-electron chi connectivity index (χ3n) is 4.50. The van der Waals surface area contributed by atoms with Crippen LogP contribution in [-0.4, -0.2) is 19.0 Å². The highest BCUT2D eigenvalue weighted by Gasteiger charge is 2.16. The van der Waals surface area contributed by atoms with Gasteiger partial charge in [0.05, 0.1) is 0 Å². The van der Waals surface area contributed by atoms with Gasteiger partial charge in [-0.1, -0.05) is 23.8 Å². The van der Waals surface area contributed by atoms with Gasteiger partial charge >= 0.3 is 0 Å². The first kappa shape index (κ1) is 14.3. The number of hydrogen-bond donors (Lipinski definition) is 2. The fourth-order valence-electron chi connectivity index (χ4n) is 3.31. The lowest BCUT2D eigenvalue weighted by Gasteiger charge is -2.20. The van der Waals surface area contributed by atoms with Crippen LogP contribution >= 0.6 is 0 Å². The van der Waals surface area contributed by atoms with Gasteiger partial charge in [-0.2, -0.15) is 0 Å². The van der Waals surface area contributed by atoms with Crippen LogP contribution < -0.4 is 10.6 Å². The molecule has 0 unspecified atom stereocenters. The number of nitrogens with one attached hydrogen (secondary N) is 2. The molecule has 3 rings (SSSR count). The lowest BCUT2D eigenvalue weighted by molar-refractivity contribution is 0.0953. The predicted molar refractivity (Wildman–Crippen MR) is 85.4 cm³/mol. The molecule has 0 radical (unpaired) electrons. The maximum Gasteiger partial charge on any atom is 0.251 e. The van der Waals surface area contributed by atoms with Crippen molar-refractivity contribution in [2.75, 3.05) is 13.1 Å². The molecule has 0 fully saturated rings. The summed E-state index contributed by atoms with van der Waals surface area (Å²) in [6.45, 7) is 2.60. The molecule has 0 aromatic heterocycles. The molecule has 1 aliphatic carbocycles. The van der Waals surface area contributed by atoms with Crippen LogP contribution in [-0.2, 0) is 13.0 Å². The second kappa shape index (κ2) is 6.90. The van der Waals surface area contributed by atoms with E-state index in [9.17, 15) is 4.79 Å². The van der Waals surface area contributed by atoms with E-state index in [2.05, 4.69) is 22.8 Å². The molecule has 1 aromatic rings. The number of fused-ring (bicyclic) bond motifs is 1. The number of amides is 1. The molecule has 1 aliphatic heterocycles. The highest BCUT2D eigenvalue weighted by Crippen LogP contribution is 2.20. The Labute approximate surface area is 126 Å². The number of allylic oxidation sites excluding steroid dienone is 1. The molecule has 3 heteroatoms. The Hall–Kier alpha value is -1.61. The fraction of sp³-hybridized carbons (Fsp3) is 0.500. The zero-order chi connectivity index (χ0) is 14.5. The van der Waals surface area contributed by atoms with Crippen LogP contribution in [0.5, 0.6) is 0 Å². The van der Waals surface area contributed by atoms with Crippen LogP contribution in [0.2, 0.25) is 0 Å². The molecule has 1 aromatic carbocycles. The molecule has 2 aliphatic rings. The van der Waals surface area contributed by atoms with E-state index >= 15 is 0 Å². The van der Waals surface area contributed by atoms with Crippen LogP contribution in [0.3, 0.4) is 0 Å². The molecule has 0 saturated carbocycles. The van der Waals surface area contributed by atoms with Gasteiger partial charge in [0, 0.05) is 18.7 Å². The number of hydrogen-bond acceptors (Lipinski definition) is 2. The SMILES string of the molecule is O=C(NCCC1=CCCCC1)c1cccc2c1CCNC2. The lowest BCUT2D eigenvalue weighted by atomic mass is 9.95. The highest BCUT2D eigenvalue weighted by molar-refractivity contribution is 5.96. The Balaban J connectivity index is 1.59. The van der Waals surface area contributed by atoms with E-state index in [1.165, 1.54) is 42.4 Å². The summed E-state index contributed by atoms with van der Waals surface area (Å²) < 4.78 is 0. The van der Waals surface area contributed by atoms with Crippen LogP contribution in [0.4, 0.5) is 0 Å². The summed E-state index contributed by atoms with van der Waals surface area (Å²) in [5, 5.41) is 6.45. The van der Waals surface area contributed by atoms with Gasteiger partial charge in [-0.25, -0.2) is 0 Å². The fourth-order valence-corrected chi connectivity index (χ4v) is 3.31. The van der Waals surface area contributed by atoms with Gasteiger partial charge in [-0.05, 0) is 62.3 Å². The minimum Gasteiger partial charge on any atom is -0.352 e. The summed E-state index contributed by atoms with van der Waals surface area (Å²) in [6, 6.07) is 6.06. The number of benzene rings is 1. The molecule has 0 bridgehead atoms. The molecule has 3 nitrogen and oxygen atoms in total. The van der Waals surface area contributed by atoms with E-state index in [0.717, 1.165) is 38.0 Å². The lowest BCUT2D eigenvalue weighted by Crippen LogP contribution is -2.30. The zero-order valence-corrected chi connectivity index (χ0v) is 12.6. The maximum atomic E-state index is 12.4. The van der Waals surface area contributed by atoms with Crippen molar-refractivity contribution < 1.29 is 4.79 Å². The third-order valence-corrected chi connectivity index (χ3v) is 4.50. The number of carbonyl (C=O) groups excluding carboxylic acids is 1. The number of carbonyl (C=O) groups is 1. The number of rotatable bonds is 4. The Bertz CT molecular complexity index is 548. The van der Waals surface area contributed by atoms with Crippen LogP contribution in [0.1, 0.15) is 53.6 Å². The smallest absolute Gasteiger partial charge is 0.251 e. The van der Waals surface area contributed by atoms with Crippen molar-refractivity contribution in [1.82, 2.24) is 10.6 Å². The van der Waals surface area contributed by atoms with Crippen molar-refractivity contribution >= 4 is 5.91 Å². The summed E-state index contributed by atoms with van der Waals surface area (Å²) in [7, 11) is 0. The van der Waals surface area contributed by atoms with E-state index < -0.39 is 0 Å². The second-order valence-electron chi connectivity index (χ2n) is 5.98. The average molecular weight is 284 g/mol. The van der Waals surface area contributed by atoms with Gasteiger partial charge in [0.25, 0.3) is 5.91 Å². The summed E-state index contributed by atoms with van der Waals surface area (Å²) in [4.78, 5) is 12.4. The monoisotopic (exact) mass is 284 g/mol. The first-order chi connectivity index (χ1) is 10.3. The maximum absolute atomic E-state index is 12.4. The molecule has 112 valence electrons. The molecular formula is C18H24N2O. The molecule has 1 amide bonds. The van der Waals surface area contributed by atoms with Crippen molar-refractivity contribution in [3.05, 3.63) is 46.5 Å². The minimum atomic E-state index is 0.0881. The molecule has 0 atom stereocenters. The Morgan fingerprint density at radius 1 is 1.24 bits per heavy atom. The molecule has 1 heterocycles. The first-order valence-corrected chi connectivity index (χ1v) is 8.12. The largest absolute Gasteiger partial charge is 0.352 e. The van der Waals surface area contributed by atoms with Crippen LogP contribution in [0.15, 0.2) is 29.8 Å².